The molecule has 1 atom stereocenters. The molecule has 3 aromatic rings. The zero-order valence-electron chi connectivity index (χ0n) is 17.4. The molecule has 0 bridgehead atoms. The van der Waals surface area contributed by atoms with Gasteiger partial charge in [0.1, 0.15) is 12.1 Å². The second-order valence-electron chi connectivity index (χ2n) is 7.78. The van der Waals surface area contributed by atoms with E-state index in [-0.39, 0.29) is 6.54 Å². The molecule has 0 aromatic heterocycles. The first-order chi connectivity index (χ1) is 15.4. The number of rotatable bonds is 6. The van der Waals surface area contributed by atoms with Crippen molar-refractivity contribution in [3.05, 3.63) is 107 Å². The molecule has 1 unspecified atom stereocenters. The first-order valence-corrected chi connectivity index (χ1v) is 10.6. The standard InChI is InChI=1S/C25H22ClN3O3/c1-25(19-12-14-20(26)15-13-19)23(31)29(24(32)28-25)16-21(30)27-22(17-8-4-2-5-9-17)18-10-6-3-7-11-18/h2-15,22H,16H2,1H3,(H,27,30)(H,28,32). The fourth-order valence-corrected chi connectivity index (χ4v) is 3.95. The summed E-state index contributed by atoms with van der Waals surface area (Å²) in [5.41, 5.74) is 1.13. The Bertz CT molecular complexity index is 1100. The van der Waals surface area contributed by atoms with Gasteiger partial charge in [0.2, 0.25) is 5.91 Å². The van der Waals surface area contributed by atoms with E-state index in [1.165, 1.54) is 0 Å². The van der Waals surface area contributed by atoms with Crippen molar-refractivity contribution in [2.24, 2.45) is 0 Å². The molecule has 1 saturated heterocycles. The van der Waals surface area contributed by atoms with E-state index in [1.54, 1.807) is 31.2 Å². The van der Waals surface area contributed by atoms with Gasteiger partial charge in [-0.25, -0.2) is 4.79 Å². The van der Waals surface area contributed by atoms with Crippen molar-refractivity contribution in [2.75, 3.05) is 6.54 Å². The Kier molecular flexibility index (Phi) is 5.97. The predicted molar refractivity (Wildman–Crippen MR) is 122 cm³/mol. The third kappa shape index (κ3) is 4.22. The lowest BCUT2D eigenvalue weighted by molar-refractivity contribution is -0.135. The Morgan fingerprint density at radius 2 is 1.47 bits per heavy atom. The third-order valence-electron chi connectivity index (χ3n) is 5.57. The van der Waals surface area contributed by atoms with Gasteiger partial charge < -0.3 is 10.6 Å². The largest absolute Gasteiger partial charge is 0.344 e. The van der Waals surface area contributed by atoms with E-state index in [9.17, 15) is 14.4 Å². The van der Waals surface area contributed by atoms with Crippen LogP contribution in [0.3, 0.4) is 0 Å². The lowest BCUT2D eigenvalue weighted by Gasteiger charge is -2.23. The van der Waals surface area contributed by atoms with Gasteiger partial charge in [0.15, 0.2) is 0 Å². The summed E-state index contributed by atoms with van der Waals surface area (Å²) in [4.78, 5) is 39.6. The van der Waals surface area contributed by atoms with Crippen LogP contribution in [0.25, 0.3) is 0 Å². The summed E-state index contributed by atoms with van der Waals surface area (Å²) < 4.78 is 0. The molecule has 1 heterocycles. The zero-order valence-corrected chi connectivity index (χ0v) is 18.2. The Labute approximate surface area is 191 Å². The molecule has 3 aromatic carbocycles. The second-order valence-corrected chi connectivity index (χ2v) is 8.21. The van der Waals surface area contributed by atoms with Gasteiger partial charge in [-0.3, -0.25) is 14.5 Å². The molecule has 4 rings (SSSR count). The maximum Gasteiger partial charge on any atom is 0.325 e. The summed E-state index contributed by atoms with van der Waals surface area (Å²) >= 11 is 5.94. The lowest BCUT2D eigenvalue weighted by Crippen LogP contribution is -2.44. The third-order valence-corrected chi connectivity index (χ3v) is 5.82. The molecule has 1 aliphatic rings. The number of carbonyl (C=O) groups is 3. The maximum atomic E-state index is 13.1. The van der Waals surface area contributed by atoms with Gasteiger partial charge in [0.25, 0.3) is 5.91 Å². The summed E-state index contributed by atoms with van der Waals surface area (Å²) in [6.07, 6.45) is 0. The number of imide groups is 1. The number of halogens is 1. The molecule has 1 aliphatic heterocycles. The van der Waals surface area contributed by atoms with E-state index in [2.05, 4.69) is 10.6 Å². The van der Waals surface area contributed by atoms with Crippen molar-refractivity contribution >= 4 is 29.4 Å². The summed E-state index contributed by atoms with van der Waals surface area (Å²) in [5.74, 6) is -0.928. The van der Waals surface area contributed by atoms with Crippen LogP contribution in [-0.4, -0.2) is 29.3 Å². The number of nitrogens with zero attached hydrogens (tertiary/aromatic N) is 1. The molecule has 1 fully saturated rings. The molecule has 32 heavy (non-hydrogen) atoms. The summed E-state index contributed by atoms with van der Waals surface area (Å²) in [6, 6.07) is 24.7. The van der Waals surface area contributed by atoms with Crippen LogP contribution in [-0.2, 0) is 15.1 Å². The van der Waals surface area contributed by atoms with Gasteiger partial charge in [-0.15, -0.1) is 0 Å². The highest BCUT2D eigenvalue weighted by molar-refractivity contribution is 6.30. The molecule has 4 amide bonds. The van der Waals surface area contributed by atoms with Crippen LogP contribution in [0.15, 0.2) is 84.9 Å². The van der Waals surface area contributed by atoms with Crippen LogP contribution in [0, 0.1) is 0 Å². The highest BCUT2D eigenvalue weighted by Gasteiger charge is 2.49. The monoisotopic (exact) mass is 447 g/mol. The normalized spacial score (nSPS) is 18.0. The highest BCUT2D eigenvalue weighted by atomic mass is 35.5. The number of carbonyl (C=O) groups excluding carboxylic acids is 3. The predicted octanol–water partition coefficient (Wildman–Crippen LogP) is 4.01. The average Bonchev–Trinajstić information content (AvgIpc) is 3.03. The second kappa shape index (κ2) is 8.85. The Balaban J connectivity index is 1.53. The van der Waals surface area contributed by atoms with Crippen molar-refractivity contribution in [3.8, 4) is 0 Å². The van der Waals surface area contributed by atoms with Gasteiger partial charge in [0, 0.05) is 5.02 Å². The van der Waals surface area contributed by atoms with Crippen LogP contribution in [0.2, 0.25) is 5.02 Å². The van der Waals surface area contributed by atoms with E-state index in [4.69, 9.17) is 11.6 Å². The summed E-state index contributed by atoms with van der Waals surface area (Å²) in [5, 5.41) is 6.19. The van der Waals surface area contributed by atoms with E-state index in [0.717, 1.165) is 16.0 Å². The van der Waals surface area contributed by atoms with Gasteiger partial charge >= 0.3 is 6.03 Å². The number of hydrogen-bond donors (Lipinski definition) is 2. The van der Waals surface area contributed by atoms with E-state index in [0.29, 0.717) is 10.6 Å². The zero-order chi connectivity index (χ0) is 22.7. The lowest BCUT2D eigenvalue weighted by atomic mass is 9.92. The van der Waals surface area contributed by atoms with Crippen LogP contribution in [0.5, 0.6) is 0 Å². The molecule has 0 saturated carbocycles. The topological polar surface area (TPSA) is 78.5 Å². The van der Waals surface area contributed by atoms with Gasteiger partial charge in [0.05, 0.1) is 6.04 Å². The minimum Gasteiger partial charge on any atom is -0.344 e. The minimum absolute atomic E-state index is 0.385. The quantitative estimate of drug-likeness (QED) is 0.560. The first kappa shape index (κ1) is 21.6. The highest BCUT2D eigenvalue weighted by Crippen LogP contribution is 2.30. The molecular weight excluding hydrogens is 426 g/mol. The minimum atomic E-state index is -1.26. The van der Waals surface area contributed by atoms with Crippen molar-refractivity contribution in [1.82, 2.24) is 15.5 Å². The van der Waals surface area contributed by atoms with Crippen LogP contribution in [0.4, 0.5) is 4.79 Å². The number of amides is 4. The average molecular weight is 448 g/mol. The SMILES string of the molecule is CC1(c2ccc(Cl)cc2)NC(=O)N(CC(=O)NC(c2ccccc2)c2ccccc2)C1=O. The van der Waals surface area contributed by atoms with Crippen LogP contribution >= 0.6 is 11.6 Å². The Morgan fingerprint density at radius 1 is 0.938 bits per heavy atom. The van der Waals surface area contributed by atoms with E-state index in [1.807, 2.05) is 60.7 Å². The van der Waals surface area contributed by atoms with Gasteiger partial charge in [-0.05, 0) is 35.7 Å². The molecule has 0 aliphatic carbocycles. The van der Waals surface area contributed by atoms with Crippen molar-refractivity contribution < 1.29 is 14.4 Å². The van der Waals surface area contributed by atoms with Crippen molar-refractivity contribution in [3.63, 3.8) is 0 Å². The van der Waals surface area contributed by atoms with Crippen molar-refractivity contribution in [2.45, 2.75) is 18.5 Å². The molecule has 0 spiro atoms. The molecule has 6 nitrogen and oxygen atoms in total. The molecule has 0 radical (unpaired) electrons. The number of benzene rings is 3. The van der Waals surface area contributed by atoms with E-state index < -0.39 is 29.4 Å². The fraction of sp³-hybridized carbons (Fsp3) is 0.160. The number of urea groups is 1. The molecular formula is C25H22ClN3O3. The maximum absolute atomic E-state index is 13.1. The van der Waals surface area contributed by atoms with Crippen LogP contribution in [0.1, 0.15) is 29.7 Å². The first-order valence-electron chi connectivity index (χ1n) is 10.2. The molecule has 2 N–H and O–H groups in total. The smallest absolute Gasteiger partial charge is 0.325 e. The number of hydrogen-bond acceptors (Lipinski definition) is 3. The molecule has 162 valence electrons. The van der Waals surface area contributed by atoms with Gasteiger partial charge in [-0.1, -0.05) is 84.4 Å². The van der Waals surface area contributed by atoms with Crippen LogP contribution < -0.4 is 10.6 Å². The number of nitrogens with one attached hydrogen (secondary N) is 2. The Morgan fingerprint density at radius 3 is 2.00 bits per heavy atom. The summed E-state index contributed by atoms with van der Waals surface area (Å²) in [6.45, 7) is 1.23. The Hall–Kier alpha value is -3.64. The fourth-order valence-electron chi connectivity index (χ4n) is 3.82. The van der Waals surface area contributed by atoms with E-state index >= 15 is 0 Å². The summed E-state index contributed by atoms with van der Waals surface area (Å²) in [7, 11) is 0. The van der Waals surface area contributed by atoms with Gasteiger partial charge in [-0.2, -0.15) is 0 Å². The molecule has 7 heteroatoms. The van der Waals surface area contributed by atoms with Crippen molar-refractivity contribution in [1.29, 1.82) is 0 Å².